The van der Waals surface area contributed by atoms with Gasteiger partial charge in [-0.25, -0.2) is 9.89 Å². The lowest BCUT2D eigenvalue weighted by Gasteiger charge is -2.14. The van der Waals surface area contributed by atoms with Crippen molar-refractivity contribution in [2.45, 2.75) is 38.9 Å². The largest absolute Gasteiger partial charge is 0.419 e. The number of nitrogens with one attached hydrogen (secondary N) is 1. The van der Waals surface area contributed by atoms with Crippen LogP contribution in [0.4, 0.5) is 13.2 Å². The van der Waals surface area contributed by atoms with Crippen LogP contribution in [-0.2, 0) is 26.2 Å². The Bertz CT molecular complexity index is 1610. The van der Waals surface area contributed by atoms with Crippen molar-refractivity contribution in [3.05, 3.63) is 88.5 Å². The standard InChI is InChI=1S/C26H25F3N8O/c1-3-4-7-18-16-37(24-22(26(27,28)29)11-13-35(24)2)25(38)36(18)15-17-14-30-12-10-19(17)20-8-5-6-9-21(20)23-31-33-34-32-23/h5-6,8-14,16H,3-4,7,15H2,1-2H3,(H,31,32,33,34). The molecule has 0 atom stereocenters. The topological polar surface area (TPSA) is 99.2 Å². The van der Waals surface area contributed by atoms with E-state index in [2.05, 4.69) is 25.6 Å². The van der Waals surface area contributed by atoms with E-state index in [0.717, 1.165) is 45.7 Å². The molecule has 0 amide bonds. The summed E-state index contributed by atoms with van der Waals surface area (Å²) < 4.78 is 45.3. The lowest BCUT2D eigenvalue weighted by Crippen LogP contribution is -2.27. The molecule has 12 heteroatoms. The fourth-order valence-corrected chi connectivity index (χ4v) is 4.63. The van der Waals surface area contributed by atoms with E-state index in [1.54, 1.807) is 12.4 Å². The number of rotatable bonds is 8. The second kappa shape index (κ2) is 10.1. The Kier molecular flexibility index (Phi) is 6.70. The van der Waals surface area contributed by atoms with Crippen LogP contribution in [0.15, 0.2) is 66.0 Å². The molecule has 0 bridgehead atoms. The molecule has 1 N–H and O–H groups in total. The summed E-state index contributed by atoms with van der Waals surface area (Å²) in [4.78, 5) is 18.0. The Labute approximate surface area is 215 Å². The molecule has 5 rings (SSSR count). The van der Waals surface area contributed by atoms with Gasteiger partial charge in [0.1, 0.15) is 5.82 Å². The average molecular weight is 523 g/mol. The number of nitrogens with zero attached hydrogens (tertiary/aromatic N) is 7. The molecule has 0 aliphatic carbocycles. The van der Waals surface area contributed by atoms with Crippen LogP contribution in [0.25, 0.3) is 28.3 Å². The summed E-state index contributed by atoms with van der Waals surface area (Å²) in [6.45, 7) is 2.15. The Morgan fingerprint density at radius 1 is 1.05 bits per heavy atom. The second-order valence-electron chi connectivity index (χ2n) is 8.95. The third kappa shape index (κ3) is 4.64. The van der Waals surface area contributed by atoms with Crippen LogP contribution in [0.1, 0.15) is 36.6 Å². The molecule has 5 aromatic rings. The second-order valence-corrected chi connectivity index (χ2v) is 8.95. The van der Waals surface area contributed by atoms with Gasteiger partial charge in [0.25, 0.3) is 0 Å². The zero-order chi connectivity index (χ0) is 26.9. The number of pyridine rings is 1. The fraction of sp³-hybridized carbons (Fsp3) is 0.269. The zero-order valence-electron chi connectivity index (χ0n) is 20.8. The summed E-state index contributed by atoms with van der Waals surface area (Å²) in [5, 5.41) is 14.1. The van der Waals surface area contributed by atoms with Gasteiger partial charge in [0.2, 0.25) is 0 Å². The molecule has 9 nitrogen and oxygen atoms in total. The number of aryl methyl sites for hydroxylation is 2. The van der Waals surface area contributed by atoms with Gasteiger partial charge < -0.3 is 4.57 Å². The van der Waals surface area contributed by atoms with Gasteiger partial charge in [0.05, 0.1) is 12.1 Å². The lowest BCUT2D eigenvalue weighted by atomic mass is 9.96. The number of alkyl halides is 3. The van der Waals surface area contributed by atoms with Crippen molar-refractivity contribution in [1.82, 2.24) is 39.3 Å². The number of halogens is 3. The maximum Gasteiger partial charge on any atom is 0.419 e. The van der Waals surface area contributed by atoms with Crippen LogP contribution >= 0.6 is 0 Å². The van der Waals surface area contributed by atoms with E-state index < -0.39 is 17.4 Å². The Hall–Kier alpha value is -4.48. The van der Waals surface area contributed by atoms with Crippen molar-refractivity contribution in [2.75, 3.05) is 0 Å². The molecule has 0 saturated heterocycles. The van der Waals surface area contributed by atoms with Crippen LogP contribution in [0.5, 0.6) is 0 Å². The van der Waals surface area contributed by atoms with E-state index in [9.17, 15) is 18.0 Å². The Balaban J connectivity index is 1.64. The monoisotopic (exact) mass is 522 g/mol. The molecule has 38 heavy (non-hydrogen) atoms. The molecule has 0 unspecified atom stereocenters. The highest BCUT2D eigenvalue weighted by molar-refractivity contribution is 5.81. The number of benzene rings is 1. The molecule has 0 fully saturated rings. The fourth-order valence-electron chi connectivity index (χ4n) is 4.63. The first-order valence-electron chi connectivity index (χ1n) is 12.1. The lowest BCUT2D eigenvalue weighted by molar-refractivity contribution is -0.137. The summed E-state index contributed by atoms with van der Waals surface area (Å²) in [6.07, 6.45) is 3.74. The van der Waals surface area contributed by atoms with Crippen LogP contribution in [0, 0.1) is 0 Å². The molecule has 196 valence electrons. The third-order valence-corrected chi connectivity index (χ3v) is 6.47. The zero-order valence-corrected chi connectivity index (χ0v) is 20.8. The van der Waals surface area contributed by atoms with E-state index in [0.29, 0.717) is 17.9 Å². The maximum absolute atomic E-state index is 13.8. The number of aromatic nitrogens is 8. The Morgan fingerprint density at radius 3 is 2.55 bits per heavy atom. The van der Waals surface area contributed by atoms with Gasteiger partial charge in [-0.3, -0.25) is 14.1 Å². The molecular weight excluding hydrogens is 497 g/mol. The molecule has 4 heterocycles. The van der Waals surface area contributed by atoms with E-state index in [1.807, 2.05) is 37.3 Å². The summed E-state index contributed by atoms with van der Waals surface area (Å²) in [6, 6.07) is 10.4. The smallest absolute Gasteiger partial charge is 0.337 e. The number of hydrogen-bond acceptors (Lipinski definition) is 5. The van der Waals surface area contributed by atoms with Crippen LogP contribution in [0.2, 0.25) is 0 Å². The van der Waals surface area contributed by atoms with Crippen molar-refractivity contribution >= 4 is 0 Å². The highest BCUT2D eigenvalue weighted by atomic mass is 19.4. The molecule has 0 aliphatic rings. The third-order valence-electron chi connectivity index (χ3n) is 6.47. The van der Waals surface area contributed by atoms with E-state index in [-0.39, 0.29) is 12.4 Å². The van der Waals surface area contributed by atoms with Gasteiger partial charge in [-0.15, -0.1) is 5.10 Å². The summed E-state index contributed by atoms with van der Waals surface area (Å²) in [5.41, 5.74) is 2.36. The number of unbranched alkanes of at least 4 members (excludes halogenated alkanes) is 1. The van der Waals surface area contributed by atoms with Gasteiger partial charge >= 0.3 is 11.9 Å². The molecular formula is C26H25F3N8O. The number of imidazole rings is 1. The summed E-state index contributed by atoms with van der Waals surface area (Å²) in [5.74, 6) is 0.271. The molecule has 0 spiro atoms. The summed E-state index contributed by atoms with van der Waals surface area (Å²) in [7, 11) is 1.49. The van der Waals surface area contributed by atoms with Gasteiger partial charge in [0, 0.05) is 43.1 Å². The number of aromatic amines is 1. The van der Waals surface area contributed by atoms with Gasteiger partial charge in [-0.2, -0.15) is 13.2 Å². The first kappa shape index (κ1) is 25.2. The molecule has 0 aliphatic heterocycles. The minimum absolute atomic E-state index is 0.128. The highest BCUT2D eigenvalue weighted by Gasteiger charge is 2.36. The first-order chi connectivity index (χ1) is 18.3. The molecule has 1 aromatic carbocycles. The highest BCUT2D eigenvalue weighted by Crippen LogP contribution is 2.35. The van der Waals surface area contributed by atoms with Crippen LogP contribution in [-0.4, -0.2) is 39.3 Å². The minimum Gasteiger partial charge on any atom is -0.337 e. The predicted molar refractivity (Wildman–Crippen MR) is 135 cm³/mol. The van der Waals surface area contributed by atoms with Crippen molar-refractivity contribution in [3.63, 3.8) is 0 Å². The molecule has 4 aromatic heterocycles. The summed E-state index contributed by atoms with van der Waals surface area (Å²) >= 11 is 0. The average Bonchev–Trinajstić information content (AvgIpc) is 3.63. The van der Waals surface area contributed by atoms with Gasteiger partial charge in [-0.1, -0.05) is 37.6 Å². The normalized spacial score (nSPS) is 11.8. The van der Waals surface area contributed by atoms with E-state index >= 15 is 0 Å². The van der Waals surface area contributed by atoms with Crippen LogP contribution in [0.3, 0.4) is 0 Å². The van der Waals surface area contributed by atoms with Gasteiger partial charge in [0.15, 0.2) is 5.82 Å². The maximum atomic E-state index is 13.8. The van der Waals surface area contributed by atoms with Crippen molar-refractivity contribution in [3.8, 4) is 28.3 Å². The number of hydrogen-bond donors (Lipinski definition) is 1. The predicted octanol–water partition coefficient (Wildman–Crippen LogP) is 4.63. The minimum atomic E-state index is -4.60. The first-order valence-corrected chi connectivity index (χ1v) is 12.1. The van der Waals surface area contributed by atoms with Crippen molar-refractivity contribution in [2.24, 2.45) is 7.05 Å². The van der Waals surface area contributed by atoms with Crippen molar-refractivity contribution < 1.29 is 13.2 Å². The molecule has 0 saturated carbocycles. The Morgan fingerprint density at radius 2 is 1.84 bits per heavy atom. The van der Waals surface area contributed by atoms with E-state index in [1.165, 1.54) is 28.6 Å². The molecule has 0 radical (unpaired) electrons. The van der Waals surface area contributed by atoms with Gasteiger partial charge in [-0.05, 0) is 52.1 Å². The SMILES string of the molecule is CCCCc1cn(-c2c(C(F)(F)F)ccn2C)c(=O)n1Cc1cnccc1-c1ccccc1-c1nnn[nH]1. The number of tetrazole rings is 1. The van der Waals surface area contributed by atoms with Crippen molar-refractivity contribution in [1.29, 1.82) is 0 Å². The van der Waals surface area contributed by atoms with E-state index in [4.69, 9.17) is 0 Å². The quantitative estimate of drug-likeness (QED) is 0.320. The number of H-pyrrole nitrogens is 1. The van der Waals surface area contributed by atoms with Crippen LogP contribution < -0.4 is 5.69 Å².